The number of amides is 4. The number of carboxylic acids is 2. The Labute approximate surface area is 271 Å². The minimum absolute atomic E-state index is 0.204. The van der Waals surface area contributed by atoms with Gasteiger partial charge in [0.15, 0.2) is 0 Å². The zero-order chi connectivity index (χ0) is 33.6. The summed E-state index contributed by atoms with van der Waals surface area (Å²) in [5, 5.41) is 24.8. The van der Waals surface area contributed by atoms with E-state index in [1.165, 1.54) is 22.8 Å². The van der Waals surface area contributed by atoms with Crippen LogP contribution in [0.4, 0.5) is 5.69 Å². The summed E-state index contributed by atoms with van der Waals surface area (Å²) in [4.78, 5) is 77.6. The molecule has 2 unspecified atom stereocenters. The van der Waals surface area contributed by atoms with E-state index in [-0.39, 0.29) is 30.4 Å². The van der Waals surface area contributed by atoms with Gasteiger partial charge in [0.2, 0.25) is 17.7 Å². The van der Waals surface area contributed by atoms with Gasteiger partial charge in [0.05, 0.1) is 11.8 Å². The number of carbonyl (C=O) groups is 6. The summed E-state index contributed by atoms with van der Waals surface area (Å²) in [5.41, 5.74) is 0.357. The van der Waals surface area contributed by atoms with E-state index in [0.29, 0.717) is 47.6 Å². The first-order valence-corrected chi connectivity index (χ1v) is 15.4. The Morgan fingerprint density at radius 1 is 0.978 bits per heavy atom. The van der Waals surface area contributed by atoms with Gasteiger partial charge in [-0.25, -0.2) is 4.79 Å². The third-order valence-electron chi connectivity index (χ3n) is 8.51. The van der Waals surface area contributed by atoms with Gasteiger partial charge in [0.1, 0.15) is 17.9 Å². The lowest BCUT2D eigenvalue weighted by Crippen LogP contribution is -2.42. The molecule has 46 heavy (non-hydrogen) atoms. The normalized spacial score (nSPS) is 19.2. The SMILES string of the molecule is CC(=O)NCCC1(C(=O)N/C(=C\c2ccc(N3C(=O)C(C)N(C(=O)CCC(=O)O)C3c3ccc(Cl)cc3)cc2)C(=O)O)CCCC1. The molecule has 1 aliphatic carbocycles. The topological polar surface area (TPSA) is 173 Å². The van der Waals surface area contributed by atoms with Crippen LogP contribution < -0.4 is 15.5 Å². The van der Waals surface area contributed by atoms with Crippen molar-refractivity contribution in [2.75, 3.05) is 11.4 Å². The highest BCUT2D eigenvalue weighted by atomic mass is 35.5. The Bertz CT molecular complexity index is 1530. The van der Waals surface area contributed by atoms with Crippen molar-refractivity contribution in [2.45, 2.75) is 71.0 Å². The van der Waals surface area contributed by atoms with Gasteiger partial charge in [-0.1, -0.05) is 48.7 Å². The minimum atomic E-state index is -1.32. The standard InChI is InChI=1S/C33H37ClN4O8/c1-20-30(43)38(29(23-7-9-24(34)10-8-23)37(20)27(40)13-14-28(41)42)25-11-5-22(6-12-25)19-26(31(44)45)36-32(46)33(15-3-4-16-33)17-18-35-21(2)39/h5-12,19-20,29H,3-4,13-18H2,1-2H3,(H,35,39)(H,36,46)(H,41,42)(H,44,45)/b26-19-. The number of benzene rings is 2. The van der Waals surface area contributed by atoms with Crippen molar-refractivity contribution in [3.8, 4) is 0 Å². The van der Waals surface area contributed by atoms with Crippen molar-refractivity contribution in [1.82, 2.24) is 15.5 Å². The van der Waals surface area contributed by atoms with E-state index in [9.17, 15) is 33.9 Å². The van der Waals surface area contributed by atoms with Crippen molar-refractivity contribution in [3.63, 3.8) is 0 Å². The summed E-state index contributed by atoms with van der Waals surface area (Å²) < 4.78 is 0. The number of halogens is 1. The van der Waals surface area contributed by atoms with Gasteiger partial charge in [-0.2, -0.15) is 0 Å². The van der Waals surface area contributed by atoms with Crippen LogP contribution in [0.1, 0.15) is 76.1 Å². The number of nitrogens with zero attached hydrogens (tertiary/aromatic N) is 2. The molecule has 1 aliphatic heterocycles. The molecule has 12 nitrogen and oxygen atoms in total. The highest BCUT2D eigenvalue weighted by Gasteiger charge is 2.47. The van der Waals surface area contributed by atoms with Crippen molar-refractivity contribution in [1.29, 1.82) is 0 Å². The fourth-order valence-electron chi connectivity index (χ4n) is 6.11. The van der Waals surface area contributed by atoms with Crippen LogP contribution in [0.25, 0.3) is 6.08 Å². The van der Waals surface area contributed by atoms with Crippen molar-refractivity contribution in [2.24, 2.45) is 5.41 Å². The third kappa shape index (κ3) is 7.74. The minimum Gasteiger partial charge on any atom is -0.481 e. The van der Waals surface area contributed by atoms with Gasteiger partial charge >= 0.3 is 11.9 Å². The molecule has 244 valence electrons. The van der Waals surface area contributed by atoms with Gasteiger partial charge in [0.25, 0.3) is 5.91 Å². The first kappa shape index (κ1) is 34.2. The molecule has 0 aromatic heterocycles. The quantitative estimate of drug-likeness (QED) is 0.248. The van der Waals surface area contributed by atoms with Gasteiger partial charge in [-0.3, -0.25) is 28.9 Å². The molecule has 0 spiro atoms. The summed E-state index contributed by atoms with van der Waals surface area (Å²) in [6.45, 7) is 3.29. The average molecular weight is 653 g/mol. The van der Waals surface area contributed by atoms with E-state index in [4.69, 9.17) is 16.7 Å². The van der Waals surface area contributed by atoms with Gasteiger partial charge in [0, 0.05) is 30.6 Å². The second-order valence-corrected chi connectivity index (χ2v) is 12.1. The first-order chi connectivity index (χ1) is 21.8. The third-order valence-corrected chi connectivity index (χ3v) is 8.76. The van der Waals surface area contributed by atoms with Crippen LogP contribution in [-0.2, 0) is 28.8 Å². The van der Waals surface area contributed by atoms with Crippen molar-refractivity contribution < 1.29 is 39.0 Å². The largest absolute Gasteiger partial charge is 0.481 e. The van der Waals surface area contributed by atoms with Crippen LogP contribution >= 0.6 is 11.6 Å². The van der Waals surface area contributed by atoms with E-state index in [2.05, 4.69) is 10.6 Å². The number of anilines is 1. The molecule has 4 amide bonds. The van der Waals surface area contributed by atoms with Crippen LogP contribution in [0.2, 0.25) is 5.02 Å². The number of carbonyl (C=O) groups excluding carboxylic acids is 4. The summed E-state index contributed by atoms with van der Waals surface area (Å²) in [6, 6.07) is 12.2. The maximum atomic E-state index is 13.6. The fourth-order valence-corrected chi connectivity index (χ4v) is 6.24. The lowest BCUT2D eigenvalue weighted by molar-refractivity contribution is -0.142. The van der Waals surface area contributed by atoms with E-state index >= 15 is 0 Å². The van der Waals surface area contributed by atoms with Crippen LogP contribution in [0.15, 0.2) is 54.2 Å². The van der Waals surface area contributed by atoms with Crippen molar-refractivity contribution >= 4 is 58.9 Å². The summed E-state index contributed by atoms with van der Waals surface area (Å²) in [5.74, 6) is -3.94. The van der Waals surface area contributed by atoms with E-state index in [1.807, 2.05) is 0 Å². The second kappa shape index (κ2) is 14.6. The van der Waals surface area contributed by atoms with Gasteiger partial charge in [-0.15, -0.1) is 0 Å². The molecule has 1 saturated heterocycles. The number of hydrogen-bond acceptors (Lipinski definition) is 6. The van der Waals surface area contributed by atoms with Crippen molar-refractivity contribution in [3.05, 3.63) is 70.4 Å². The fraction of sp³-hybridized carbons (Fsp3) is 0.394. The van der Waals surface area contributed by atoms with E-state index in [1.54, 1.807) is 55.5 Å². The van der Waals surface area contributed by atoms with E-state index in [0.717, 1.165) is 12.8 Å². The smallest absolute Gasteiger partial charge is 0.352 e. The Balaban J connectivity index is 1.60. The molecule has 1 heterocycles. The monoisotopic (exact) mass is 652 g/mol. The molecule has 2 aliphatic rings. The number of nitrogens with one attached hydrogen (secondary N) is 2. The zero-order valence-corrected chi connectivity index (χ0v) is 26.4. The molecule has 0 radical (unpaired) electrons. The number of rotatable bonds is 12. The predicted octanol–water partition coefficient (Wildman–Crippen LogP) is 4.10. The molecule has 2 aromatic rings. The van der Waals surface area contributed by atoms with Crippen LogP contribution in [0.3, 0.4) is 0 Å². The molecular formula is C33H37ClN4O8. The zero-order valence-electron chi connectivity index (χ0n) is 25.6. The number of hydrogen-bond donors (Lipinski definition) is 4. The molecule has 4 rings (SSSR count). The Kier molecular flexibility index (Phi) is 10.8. The molecule has 1 saturated carbocycles. The molecule has 2 aromatic carbocycles. The van der Waals surface area contributed by atoms with Gasteiger partial charge < -0.3 is 25.7 Å². The number of carboxylic acid groups (broad SMARTS) is 2. The molecule has 4 N–H and O–H groups in total. The summed E-state index contributed by atoms with van der Waals surface area (Å²) >= 11 is 6.09. The lowest BCUT2D eigenvalue weighted by Gasteiger charge is -2.31. The van der Waals surface area contributed by atoms with Crippen LogP contribution in [0, 0.1) is 5.41 Å². The second-order valence-electron chi connectivity index (χ2n) is 11.6. The van der Waals surface area contributed by atoms with Crippen LogP contribution in [-0.4, -0.2) is 63.3 Å². The maximum absolute atomic E-state index is 13.6. The predicted molar refractivity (Wildman–Crippen MR) is 169 cm³/mol. The van der Waals surface area contributed by atoms with Gasteiger partial charge in [-0.05, 0) is 67.7 Å². The Morgan fingerprint density at radius 2 is 1.61 bits per heavy atom. The maximum Gasteiger partial charge on any atom is 0.352 e. The molecular weight excluding hydrogens is 616 g/mol. The Hall–Kier alpha value is -4.71. The Morgan fingerprint density at radius 3 is 2.17 bits per heavy atom. The highest BCUT2D eigenvalue weighted by Crippen LogP contribution is 2.42. The van der Waals surface area contributed by atoms with Crippen LogP contribution in [0.5, 0.6) is 0 Å². The van der Waals surface area contributed by atoms with E-state index < -0.39 is 41.4 Å². The highest BCUT2D eigenvalue weighted by molar-refractivity contribution is 6.30. The lowest BCUT2D eigenvalue weighted by atomic mass is 9.81. The average Bonchev–Trinajstić information content (AvgIpc) is 3.59. The molecule has 0 bridgehead atoms. The molecule has 13 heteroatoms. The first-order valence-electron chi connectivity index (χ1n) is 15.1. The summed E-state index contributed by atoms with van der Waals surface area (Å²) in [6.07, 6.45) is 3.01. The molecule has 2 fully saturated rings. The molecule has 2 atom stereocenters. The summed E-state index contributed by atoms with van der Waals surface area (Å²) in [7, 11) is 0. The number of aliphatic carboxylic acids is 2.